The number of nitrogens with one attached hydrogen (secondary N) is 1. The van der Waals surface area contributed by atoms with Gasteiger partial charge in [-0.1, -0.05) is 11.8 Å². The van der Waals surface area contributed by atoms with Gasteiger partial charge < -0.3 is 10.1 Å². The summed E-state index contributed by atoms with van der Waals surface area (Å²) < 4.78 is 4.62. The van der Waals surface area contributed by atoms with E-state index in [9.17, 15) is 9.59 Å². The van der Waals surface area contributed by atoms with Crippen LogP contribution in [0.1, 0.15) is 6.42 Å². The highest BCUT2D eigenvalue weighted by Gasteiger charge is 2.27. The van der Waals surface area contributed by atoms with Crippen LogP contribution in [-0.4, -0.2) is 30.1 Å². The predicted molar refractivity (Wildman–Crippen MR) is 41.0 cm³/mol. The number of thioether (sulfide) groups is 1. The zero-order valence-corrected chi connectivity index (χ0v) is 6.94. The van der Waals surface area contributed by atoms with Crippen LogP contribution < -0.4 is 5.32 Å². The first kappa shape index (κ1) is 8.55. The zero-order chi connectivity index (χ0) is 8.27. The highest BCUT2D eigenvalue weighted by molar-refractivity contribution is 8.14. The van der Waals surface area contributed by atoms with Gasteiger partial charge in [-0.2, -0.15) is 0 Å². The van der Waals surface area contributed by atoms with Crippen molar-refractivity contribution in [3.05, 3.63) is 0 Å². The molecule has 0 aliphatic carbocycles. The third kappa shape index (κ3) is 2.51. The summed E-state index contributed by atoms with van der Waals surface area (Å²) in [6, 6.07) is 0. The van der Waals surface area contributed by atoms with E-state index in [1.807, 2.05) is 0 Å². The molecule has 11 heavy (non-hydrogen) atoms. The average Bonchev–Trinajstić information content (AvgIpc) is 1.85. The number of ether oxygens (including phenoxy) is 1. The van der Waals surface area contributed by atoms with E-state index in [0.29, 0.717) is 6.42 Å². The van der Waals surface area contributed by atoms with Crippen LogP contribution in [0.4, 0.5) is 0 Å². The topological polar surface area (TPSA) is 55.4 Å². The Kier molecular flexibility index (Phi) is 2.90. The van der Waals surface area contributed by atoms with Crippen LogP contribution in [-0.2, 0) is 14.3 Å². The van der Waals surface area contributed by atoms with E-state index in [1.54, 1.807) is 0 Å². The van der Waals surface area contributed by atoms with Crippen LogP contribution >= 0.6 is 11.8 Å². The summed E-state index contributed by atoms with van der Waals surface area (Å²) in [6.45, 7) is 0.108. The molecule has 1 aliphatic rings. The lowest BCUT2D eigenvalue weighted by atomic mass is 10.3. The molecule has 4 nitrogen and oxygen atoms in total. The third-order valence-corrected chi connectivity index (χ3v) is 2.18. The summed E-state index contributed by atoms with van der Waals surface area (Å²) in [5, 5.41) is 2.51. The normalized spacial score (nSPS) is 22.3. The molecule has 0 radical (unpaired) electrons. The first-order valence-corrected chi connectivity index (χ1v) is 4.08. The molecule has 1 unspecified atom stereocenters. The molecule has 62 valence electrons. The lowest BCUT2D eigenvalue weighted by Gasteiger charge is -2.24. The maximum absolute atomic E-state index is 10.8. The predicted octanol–water partition coefficient (Wildman–Crippen LogP) is -0.261. The molecule has 0 aromatic heterocycles. The van der Waals surface area contributed by atoms with Crippen molar-refractivity contribution in [2.75, 3.05) is 13.7 Å². The van der Waals surface area contributed by atoms with E-state index in [2.05, 4.69) is 10.1 Å². The smallest absolute Gasteiger partial charge is 0.223 e. The van der Waals surface area contributed by atoms with Crippen LogP contribution in [0, 0.1) is 0 Å². The molecule has 1 heterocycles. The number of hydrogen-bond acceptors (Lipinski definition) is 4. The summed E-state index contributed by atoms with van der Waals surface area (Å²) in [4.78, 5) is 21.2. The summed E-state index contributed by atoms with van der Waals surface area (Å²) in [5.74, 6) is 0.00715. The third-order valence-electron chi connectivity index (χ3n) is 1.23. The van der Waals surface area contributed by atoms with Crippen LogP contribution in [0.15, 0.2) is 0 Å². The van der Waals surface area contributed by atoms with E-state index >= 15 is 0 Å². The maximum Gasteiger partial charge on any atom is 0.223 e. The Labute approximate surface area is 68.7 Å². The Bertz CT molecular complexity index is 175. The monoisotopic (exact) mass is 175 g/mol. The number of rotatable bonds is 3. The molecular weight excluding hydrogens is 166 g/mol. The van der Waals surface area contributed by atoms with Crippen molar-refractivity contribution < 1.29 is 14.3 Å². The molecule has 0 aromatic carbocycles. The molecule has 0 aromatic rings. The van der Waals surface area contributed by atoms with Crippen LogP contribution in [0.5, 0.6) is 0 Å². The number of amides is 1. The summed E-state index contributed by atoms with van der Waals surface area (Å²) in [5.41, 5.74) is 0. The van der Waals surface area contributed by atoms with Gasteiger partial charge in [0.2, 0.25) is 11.0 Å². The van der Waals surface area contributed by atoms with Gasteiger partial charge in [-0.15, -0.1) is 0 Å². The van der Waals surface area contributed by atoms with E-state index in [-0.39, 0.29) is 23.0 Å². The summed E-state index contributed by atoms with van der Waals surface area (Å²) >= 11 is 1.12. The highest BCUT2D eigenvalue weighted by Crippen LogP contribution is 2.19. The summed E-state index contributed by atoms with van der Waals surface area (Å²) in [6.07, 6.45) is 0.445. The van der Waals surface area contributed by atoms with Crippen molar-refractivity contribution >= 4 is 22.8 Å². The molecule has 1 atom stereocenters. The first-order valence-electron chi connectivity index (χ1n) is 3.20. The molecule has 0 bridgehead atoms. The Morgan fingerprint density at radius 3 is 3.00 bits per heavy atom. The van der Waals surface area contributed by atoms with Crippen molar-refractivity contribution in [2.24, 2.45) is 0 Å². The van der Waals surface area contributed by atoms with Gasteiger partial charge in [-0.3, -0.25) is 9.59 Å². The molecule has 1 fully saturated rings. The Balaban J connectivity index is 2.11. The van der Waals surface area contributed by atoms with Crippen LogP contribution in [0.25, 0.3) is 0 Å². The number of carbonyl (C=O) groups is 2. The minimum Gasteiger partial charge on any atom is -0.376 e. The van der Waals surface area contributed by atoms with Crippen LogP contribution in [0.3, 0.4) is 0 Å². The number of hydrogen-bond donors (Lipinski definition) is 1. The molecule has 1 rings (SSSR count). The Hall–Kier alpha value is -0.550. The number of methoxy groups -OCH3 is 1. The largest absolute Gasteiger partial charge is 0.376 e. The van der Waals surface area contributed by atoms with Gasteiger partial charge in [-0.05, 0) is 0 Å². The minimum absolute atomic E-state index is 0.00715. The molecule has 0 spiro atoms. The second-order valence-corrected chi connectivity index (χ2v) is 3.44. The summed E-state index contributed by atoms with van der Waals surface area (Å²) in [7, 11) is 1.47. The van der Waals surface area contributed by atoms with Gasteiger partial charge in [-0.25, -0.2) is 0 Å². The lowest BCUT2D eigenvalue weighted by molar-refractivity contribution is -0.126. The molecule has 1 saturated heterocycles. The van der Waals surface area contributed by atoms with Gasteiger partial charge >= 0.3 is 0 Å². The molecular formula is C6H9NO3S. The first-order chi connectivity index (χ1) is 5.22. The van der Waals surface area contributed by atoms with Gasteiger partial charge in [0.05, 0.1) is 11.8 Å². The average molecular weight is 175 g/mol. The minimum atomic E-state index is -0.0440. The van der Waals surface area contributed by atoms with E-state index in [1.165, 1.54) is 7.11 Å². The molecule has 1 N–H and O–H groups in total. The lowest BCUT2D eigenvalue weighted by Crippen LogP contribution is -2.46. The fourth-order valence-electron chi connectivity index (χ4n) is 0.708. The Morgan fingerprint density at radius 1 is 1.91 bits per heavy atom. The Morgan fingerprint density at radius 2 is 2.55 bits per heavy atom. The van der Waals surface area contributed by atoms with Crippen molar-refractivity contribution in [1.29, 1.82) is 0 Å². The molecule has 0 saturated carbocycles. The van der Waals surface area contributed by atoms with Gasteiger partial charge in [0, 0.05) is 7.11 Å². The van der Waals surface area contributed by atoms with Crippen LogP contribution in [0.2, 0.25) is 0 Å². The number of β-lactam (4-membered cyclic amide) rings is 1. The highest BCUT2D eigenvalue weighted by atomic mass is 32.2. The van der Waals surface area contributed by atoms with Crippen molar-refractivity contribution in [1.82, 2.24) is 5.32 Å². The van der Waals surface area contributed by atoms with Crippen molar-refractivity contribution in [2.45, 2.75) is 11.8 Å². The van der Waals surface area contributed by atoms with E-state index in [4.69, 9.17) is 0 Å². The van der Waals surface area contributed by atoms with Crippen molar-refractivity contribution in [3.8, 4) is 0 Å². The zero-order valence-electron chi connectivity index (χ0n) is 6.12. The van der Waals surface area contributed by atoms with Gasteiger partial charge in [0.15, 0.2) is 0 Å². The SMILES string of the molecule is COCC(=O)SC1CC(=O)N1. The molecule has 5 heteroatoms. The second-order valence-electron chi connectivity index (χ2n) is 2.18. The van der Waals surface area contributed by atoms with E-state index in [0.717, 1.165) is 11.8 Å². The van der Waals surface area contributed by atoms with Gasteiger partial charge in [0.1, 0.15) is 6.61 Å². The molecule has 1 aliphatic heterocycles. The van der Waals surface area contributed by atoms with Crippen molar-refractivity contribution in [3.63, 3.8) is 0 Å². The van der Waals surface area contributed by atoms with E-state index < -0.39 is 0 Å². The van der Waals surface area contributed by atoms with Gasteiger partial charge in [0.25, 0.3) is 0 Å². The standard InChI is InChI=1S/C6H9NO3S/c1-10-3-6(9)11-5-2-4(8)7-5/h5H,2-3H2,1H3,(H,7,8). The quantitative estimate of drug-likeness (QED) is 0.600. The second kappa shape index (κ2) is 3.73. The number of carbonyl (C=O) groups excluding carboxylic acids is 2. The fourth-order valence-corrected chi connectivity index (χ4v) is 1.64. The molecule has 1 amide bonds. The fraction of sp³-hybridized carbons (Fsp3) is 0.667. The maximum atomic E-state index is 10.8.